The SMILES string of the molecule is OCCNCc1cccc(CNCCO)n1. The Morgan fingerprint density at radius 1 is 0.938 bits per heavy atom. The van der Waals surface area contributed by atoms with E-state index >= 15 is 0 Å². The maximum absolute atomic E-state index is 8.63. The summed E-state index contributed by atoms with van der Waals surface area (Å²) in [5.74, 6) is 0. The van der Waals surface area contributed by atoms with Crippen LogP contribution >= 0.6 is 0 Å². The number of aromatic nitrogens is 1. The van der Waals surface area contributed by atoms with Gasteiger partial charge in [-0.3, -0.25) is 4.98 Å². The fraction of sp³-hybridized carbons (Fsp3) is 0.545. The Hall–Kier alpha value is -1.01. The Morgan fingerprint density at radius 2 is 1.44 bits per heavy atom. The molecule has 0 aliphatic rings. The van der Waals surface area contributed by atoms with Crippen LogP contribution in [0.5, 0.6) is 0 Å². The van der Waals surface area contributed by atoms with Crippen LogP contribution < -0.4 is 10.6 Å². The summed E-state index contributed by atoms with van der Waals surface area (Å²) in [6.07, 6.45) is 0. The Labute approximate surface area is 95.5 Å². The van der Waals surface area contributed by atoms with Gasteiger partial charge < -0.3 is 20.8 Å². The fourth-order valence-electron chi connectivity index (χ4n) is 1.32. The highest BCUT2D eigenvalue weighted by Gasteiger charge is 1.97. The first-order valence-corrected chi connectivity index (χ1v) is 5.45. The summed E-state index contributed by atoms with van der Waals surface area (Å²) in [4.78, 5) is 4.43. The van der Waals surface area contributed by atoms with E-state index in [1.807, 2.05) is 18.2 Å². The number of pyridine rings is 1. The van der Waals surface area contributed by atoms with E-state index in [0.717, 1.165) is 11.4 Å². The molecule has 0 aliphatic heterocycles. The first-order chi connectivity index (χ1) is 7.86. The van der Waals surface area contributed by atoms with Crippen molar-refractivity contribution in [3.8, 4) is 0 Å². The maximum atomic E-state index is 8.63. The van der Waals surface area contributed by atoms with Crippen molar-refractivity contribution < 1.29 is 10.2 Å². The van der Waals surface area contributed by atoms with Crippen LogP contribution in [0.3, 0.4) is 0 Å². The predicted octanol–water partition coefficient (Wildman–Crippen LogP) is -0.755. The van der Waals surface area contributed by atoms with E-state index in [9.17, 15) is 0 Å². The summed E-state index contributed by atoms with van der Waals surface area (Å²) < 4.78 is 0. The van der Waals surface area contributed by atoms with Crippen LogP contribution in [-0.4, -0.2) is 41.5 Å². The van der Waals surface area contributed by atoms with Gasteiger partial charge in [-0.15, -0.1) is 0 Å². The molecule has 1 aromatic heterocycles. The molecule has 16 heavy (non-hydrogen) atoms. The number of rotatable bonds is 8. The standard InChI is InChI=1S/C11H19N3O2/c15-6-4-12-8-10-2-1-3-11(14-10)9-13-5-7-16/h1-3,12-13,15-16H,4-9H2. The van der Waals surface area contributed by atoms with Gasteiger partial charge in [-0.25, -0.2) is 0 Å². The second kappa shape index (κ2) is 8.18. The maximum Gasteiger partial charge on any atom is 0.0556 e. The van der Waals surface area contributed by atoms with Crippen LogP contribution in [0.1, 0.15) is 11.4 Å². The lowest BCUT2D eigenvalue weighted by Crippen LogP contribution is -2.20. The average Bonchev–Trinajstić information content (AvgIpc) is 2.30. The van der Waals surface area contributed by atoms with Crippen LogP contribution in [0.4, 0.5) is 0 Å². The van der Waals surface area contributed by atoms with Gasteiger partial charge in [0.15, 0.2) is 0 Å². The monoisotopic (exact) mass is 225 g/mol. The Balaban J connectivity index is 2.37. The van der Waals surface area contributed by atoms with E-state index in [1.54, 1.807) is 0 Å². The number of hydrogen-bond acceptors (Lipinski definition) is 5. The van der Waals surface area contributed by atoms with Gasteiger partial charge in [0.25, 0.3) is 0 Å². The molecule has 90 valence electrons. The van der Waals surface area contributed by atoms with Gasteiger partial charge in [-0.05, 0) is 12.1 Å². The Bertz CT molecular complexity index is 269. The summed E-state index contributed by atoms with van der Waals surface area (Å²) in [6, 6.07) is 5.85. The molecule has 0 aromatic carbocycles. The molecule has 0 atom stereocenters. The molecule has 0 bridgehead atoms. The molecule has 1 heterocycles. The van der Waals surface area contributed by atoms with E-state index in [1.165, 1.54) is 0 Å². The first-order valence-electron chi connectivity index (χ1n) is 5.45. The number of nitrogens with one attached hydrogen (secondary N) is 2. The highest BCUT2D eigenvalue weighted by Crippen LogP contribution is 1.98. The predicted molar refractivity (Wildman–Crippen MR) is 61.8 cm³/mol. The molecule has 0 spiro atoms. The first kappa shape index (κ1) is 13.1. The number of nitrogens with zero attached hydrogens (tertiary/aromatic N) is 1. The van der Waals surface area contributed by atoms with Gasteiger partial charge in [0.2, 0.25) is 0 Å². The molecular weight excluding hydrogens is 206 g/mol. The lowest BCUT2D eigenvalue weighted by Gasteiger charge is -2.06. The van der Waals surface area contributed by atoms with Gasteiger partial charge in [-0.2, -0.15) is 0 Å². The van der Waals surface area contributed by atoms with Crippen molar-refractivity contribution in [3.05, 3.63) is 29.6 Å². The van der Waals surface area contributed by atoms with E-state index < -0.39 is 0 Å². The van der Waals surface area contributed by atoms with Crippen molar-refractivity contribution in [2.24, 2.45) is 0 Å². The quantitative estimate of drug-likeness (QED) is 0.438. The van der Waals surface area contributed by atoms with E-state index in [2.05, 4.69) is 15.6 Å². The third-order valence-electron chi connectivity index (χ3n) is 2.05. The average molecular weight is 225 g/mol. The van der Waals surface area contributed by atoms with E-state index in [-0.39, 0.29) is 13.2 Å². The van der Waals surface area contributed by atoms with Crippen LogP contribution in [0, 0.1) is 0 Å². The minimum Gasteiger partial charge on any atom is -0.395 e. The minimum absolute atomic E-state index is 0.137. The molecule has 0 fully saturated rings. The van der Waals surface area contributed by atoms with Crippen LogP contribution in [-0.2, 0) is 13.1 Å². The summed E-state index contributed by atoms with van der Waals surface area (Å²) in [5, 5.41) is 23.4. The molecule has 0 aliphatic carbocycles. The van der Waals surface area contributed by atoms with Crippen LogP contribution in [0.2, 0.25) is 0 Å². The van der Waals surface area contributed by atoms with Crippen molar-refractivity contribution in [3.63, 3.8) is 0 Å². The van der Waals surface area contributed by atoms with Crippen molar-refractivity contribution in [1.82, 2.24) is 15.6 Å². The molecule has 4 N–H and O–H groups in total. The summed E-state index contributed by atoms with van der Waals surface area (Å²) in [6.45, 7) is 2.75. The second-order valence-corrected chi connectivity index (χ2v) is 3.42. The highest BCUT2D eigenvalue weighted by molar-refractivity contribution is 5.11. The summed E-state index contributed by atoms with van der Waals surface area (Å²) >= 11 is 0. The molecule has 0 saturated carbocycles. The highest BCUT2D eigenvalue weighted by atomic mass is 16.3. The van der Waals surface area contributed by atoms with Crippen LogP contribution in [0.25, 0.3) is 0 Å². The molecule has 0 radical (unpaired) electrons. The van der Waals surface area contributed by atoms with Gasteiger partial charge in [0, 0.05) is 26.2 Å². The zero-order valence-corrected chi connectivity index (χ0v) is 9.32. The van der Waals surface area contributed by atoms with Crippen molar-refractivity contribution >= 4 is 0 Å². The van der Waals surface area contributed by atoms with Gasteiger partial charge in [-0.1, -0.05) is 6.07 Å². The molecule has 0 saturated heterocycles. The molecular formula is C11H19N3O2. The van der Waals surface area contributed by atoms with Gasteiger partial charge in [0.1, 0.15) is 0 Å². The Kier molecular flexibility index (Phi) is 6.67. The van der Waals surface area contributed by atoms with E-state index in [4.69, 9.17) is 10.2 Å². The molecule has 0 unspecified atom stereocenters. The number of hydrogen-bond donors (Lipinski definition) is 4. The number of aliphatic hydroxyl groups excluding tert-OH is 2. The van der Waals surface area contributed by atoms with Crippen molar-refractivity contribution in [1.29, 1.82) is 0 Å². The second-order valence-electron chi connectivity index (χ2n) is 3.42. The third-order valence-corrected chi connectivity index (χ3v) is 2.05. The fourth-order valence-corrected chi connectivity index (χ4v) is 1.32. The molecule has 0 amide bonds. The summed E-state index contributed by atoms with van der Waals surface area (Å²) in [7, 11) is 0. The smallest absolute Gasteiger partial charge is 0.0556 e. The Morgan fingerprint density at radius 3 is 1.88 bits per heavy atom. The van der Waals surface area contributed by atoms with Crippen molar-refractivity contribution in [2.75, 3.05) is 26.3 Å². The third kappa shape index (κ3) is 5.18. The lowest BCUT2D eigenvalue weighted by molar-refractivity contribution is 0.291. The zero-order valence-electron chi connectivity index (χ0n) is 9.32. The zero-order chi connectivity index (χ0) is 11.6. The van der Waals surface area contributed by atoms with E-state index in [0.29, 0.717) is 26.2 Å². The minimum atomic E-state index is 0.137. The molecule has 5 heteroatoms. The lowest BCUT2D eigenvalue weighted by atomic mass is 10.3. The largest absolute Gasteiger partial charge is 0.395 e. The van der Waals surface area contributed by atoms with Gasteiger partial charge in [0.05, 0.1) is 24.6 Å². The topological polar surface area (TPSA) is 77.4 Å². The van der Waals surface area contributed by atoms with Crippen LogP contribution in [0.15, 0.2) is 18.2 Å². The van der Waals surface area contributed by atoms with Gasteiger partial charge >= 0.3 is 0 Å². The van der Waals surface area contributed by atoms with Crippen molar-refractivity contribution in [2.45, 2.75) is 13.1 Å². The molecule has 1 aromatic rings. The summed E-state index contributed by atoms with van der Waals surface area (Å²) in [5.41, 5.74) is 1.91. The molecule has 5 nitrogen and oxygen atoms in total. The molecule has 1 rings (SSSR count). The number of aliphatic hydroxyl groups is 2. The normalized spacial score (nSPS) is 10.6.